The monoisotopic (exact) mass is 286 g/mol. The van der Waals surface area contributed by atoms with Crippen molar-refractivity contribution in [3.8, 4) is 0 Å². The molecule has 0 nitrogen and oxygen atoms in total. The van der Waals surface area contributed by atoms with Gasteiger partial charge >= 0.3 is 42.6 Å². The normalized spacial score (nSPS) is 14.0. The van der Waals surface area contributed by atoms with Crippen LogP contribution in [0.3, 0.4) is 0 Å². The molecule has 0 heterocycles. The first-order valence-electron chi connectivity index (χ1n) is 4.68. The second-order valence-electron chi connectivity index (χ2n) is 3.50. The second-order valence-corrected chi connectivity index (χ2v) is 11.2. The van der Waals surface area contributed by atoms with E-state index in [4.69, 9.17) is 27.9 Å². The van der Waals surface area contributed by atoms with Crippen molar-refractivity contribution in [2.75, 3.05) is 0 Å². The van der Waals surface area contributed by atoms with Gasteiger partial charge in [0.15, 0.2) is 0 Å². The molecule has 1 aliphatic rings. The average Bonchev–Trinajstić information content (AvgIpc) is 2.42. The van der Waals surface area contributed by atoms with E-state index in [2.05, 4.69) is 19.1 Å². The van der Waals surface area contributed by atoms with Crippen molar-refractivity contribution in [2.45, 2.75) is 32.6 Å². The van der Waals surface area contributed by atoms with Crippen LogP contribution >= 0.6 is 27.9 Å². The summed E-state index contributed by atoms with van der Waals surface area (Å²) in [6, 6.07) is 4.68. The molecule has 0 aliphatic heterocycles. The van der Waals surface area contributed by atoms with Crippen molar-refractivity contribution in [1.29, 1.82) is 0 Å². The Labute approximate surface area is 103 Å². The fourth-order valence-electron chi connectivity index (χ4n) is 1.87. The molecule has 0 atom stereocenters. The minimum atomic E-state index is -1.92. The Bertz CT molecular complexity index is 255. The molecular formula is C10H13Cl3Ti. The molecule has 0 spiro atoms. The van der Waals surface area contributed by atoms with Gasteiger partial charge in [0.1, 0.15) is 0 Å². The quantitative estimate of drug-likeness (QED) is 0.481. The summed E-state index contributed by atoms with van der Waals surface area (Å²) in [5, 5.41) is 0. The van der Waals surface area contributed by atoms with Gasteiger partial charge in [0.25, 0.3) is 0 Å². The van der Waals surface area contributed by atoms with Crippen LogP contribution in [0, 0.1) is 6.92 Å². The summed E-state index contributed by atoms with van der Waals surface area (Å²) in [5.41, 5.74) is 4.68. The summed E-state index contributed by atoms with van der Waals surface area (Å²) in [5.74, 6) is 0. The Hall–Kier alpha value is 0.934. The molecule has 0 saturated heterocycles. The standard InChI is InChI=1S/C10H13.3ClH.Ti/c1-8-6-9-4-2-3-5-10(9)7-8;;;;/h6-7H,2-5H2,1H3;3*1H;/q-1;;;;+4/p-3. The molecule has 0 amide bonds. The number of hydrogen-bond donors (Lipinski definition) is 0. The van der Waals surface area contributed by atoms with E-state index in [0.717, 1.165) is 0 Å². The van der Waals surface area contributed by atoms with Crippen molar-refractivity contribution in [1.82, 2.24) is 0 Å². The molecule has 0 unspecified atom stereocenters. The minimum absolute atomic E-state index is 1.32. The molecule has 1 aromatic carbocycles. The van der Waals surface area contributed by atoms with Gasteiger partial charge in [0, 0.05) is 0 Å². The van der Waals surface area contributed by atoms with E-state index < -0.39 is 14.7 Å². The Morgan fingerprint density at radius 3 is 2.36 bits per heavy atom. The van der Waals surface area contributed by atoms with Gasteiger partial charge < -0.3 is 0 Å². The zero-order valence-corrected chi connectivity index (χ0v) is 11.9. The molecule has 0 radical (unpaired) electrons. The van der Waals surface area contributed by atoms with E-state index >= 15 is 0 Å². The van der Waals surface area contributed by atoms with Gasteiger partial charge in [-0.05, 0) is 0 Å². The van der Waals surface area contributed by atoms with Crippen LogP contribution in [0.25, 0.3) is 0 Å². The predicted octanol–water partition coefficient (Wildman–Crippen LogP) is 4.66. The van der Waals surface area contributed by atoms with Crippen molar-refractivity contribution in [3.63, 3.8) is 0 Å². The van der Waals surface area contributed by atoms with E-state index in [-0.39, 0.29) is 0 Å². The fraction of sp³-hybridized carbons (Fsp3) is 0.500. The first-order chi connectivity index (χ1) is 6.59. The molecule has 0 N–H and O–H groups in total. The van der Waals surface area contributed by atoms with Gasteiger partial charge in [-0.3, -0.25) is 0 Å². The van der Waals surface area contributed by atoms with Gasteiger partial charge in [0.05, 0.1) is 0 Å². The van der Waals surface area contributed by atoms with E-state index in [1.54, 1.807) is 11.1 Å². The summed E-state index contributed by atoms with van der Waals surface area (Å²) >= 11 is -1.92. The Kier molecular flexibility index (Phi) is 6.04. The molecule has 0 fully saturated rings. The molecule has 4 heteroatoms. The van der Waals surface area contributed by atoms with Crippen LogP contribution in [-0.4, -0.2) is 0 Å². The van der Waals surface area contributed by atoms with Gasteiger partial charge in [-0.25, -0.2) is 6.07 Å². The summed E-state index contributed by atoms with van der Waals surface area (Å²) in [6.07, 6.45) is 5.44. The zero-order valence-electron chi connectivity index (χ0n) is 8.12. The van der Waals surface area contributed by atoms with Crippen LogP contribution in [0.5, 0.6) is 0 Å². The first-order valence-corrected chi connectivity index (χ1v) is 11.1. The predicted molar refractivity (Wildman–Crippen MR) is 61.0 cm³/mol. The van der Waals surface area contributed by atoms with Crippen LogP contribution in [0.15, 0.2) is 12.1 Å². The van der Waals surface area contributed by atoms with E-state index in [1.807, 2.05) is 0 Å². The van der Waals surface area contributed by atoms with E-state index in [9.17, 15) is 0 Å². The van der Waals surface area contributed by atoms with Crippen molar-refractivity contribution < 1.29 is 14.7 Å². The summed E-state index contributed by atoms with van der Waals surface area (Å²) < 4.78 is 0. The fourth-order valence-corrected chi connectivity index (χ4v) is 1.87. The molecule has 1 aromatic rings. The van der Waals surface area contributed by atoms with Gasteiger partial charge in [-0.1, -0.05) is 32.6 Å². The molecule has 2 rings (SSSR count). The zero-order chi connectivity index (χ0) is 10.6. The Balaban J connectivity index is 0.000000213. The average molecular weight is 287 g/mol. The summed E-state index contributed by atoms with van der Waals surface area (Å²) in [7, 11) is 14.9. The van der Waals surface area contributed by atoms with Crippen LogP contribution < -0.4 is 0 Å². The number of rotatable bonds is 0. The van der Waals surface area contributed by atoms with Crippen LogP contribution in [-0.2, 0) is 27.5 Å². The van der Waals surface area contributed by atoms with Crippen molar-refractivity contribution >= 4 is 27.9 Å². The number of aryl methyl sites for hydroxylation is 3. The third-order valence-corrected chi connectivity index (χ3v) is 2.36. The summed E-state index contributed by atoms with van der Waals surface area (Å²) in [4.78, 5) is 0. The van der Waals surface area contributed by atoms with Gasteiger partial charge in [-0.2, -0.15) is 22.8 Å². The maximum absolute atomic E-state index is 4.97. The van der Waals surface area contributed by atoms with Crippen molar-refractivity contribution in [3.05, 3.63) is 28.8 Å². The third-order valence-electron chi connectivity index (χ3n) is 2.36. The third kappa shape index (κ3) is 4.64. The molecule has 78 valence electrons. The molecule has 1 aliphatic carbocycles. The number of halogens is 3. The molecule has 0 aromatic heterocycles. The first kappa shape index (κ1) is 13.0. The second kappa shape index (κ2) is 6.50. The van der Waals surface area contributed by atoms with Crippen LogP contribution in [0.2, 0.25) is 0 Å². The maximum atomic E-state index is 4.97. The molecule has 14 heavy (non-hydrogen) atoms. The SMILES string of the molecule is Cc1cc2c([cH-]1)CCCC2.[Cl][Ti+]([Cl])[Cl]. The number of hydrogen-bond acceptors (Lipinski definition) is 0. The van der Waals surface area contributed by atoms with Crippen LogP contribution in [0.1, 0.15) is 29.5 Å². The van der Waals surface area contributed by atoms with Crippen LogP contribution in [0.4, 0.5) is 0 Å². The van der Waals surface area contributed by atoms with E-state index in [1.165, 1.54) is 31.2 Å². The number of fused-ring (bicyclic) bond motifs is 1. The van der Waals surface area contributed by atoms with Gasteiger partial charge in [0.2, 0.25) is 0 Å². The Morgan fingerprint density at radius 2 is 1.79 bits per heavy atom. The molecule has 0 saturated carbocycles. The summed E-state index contributed by atoms with van der Waals surface area (Å²) in [6.45, 7) is 2.19. The molecular weight excluding hydrogens is 274 g/mol. The molecule has 0 bridgehead atoms. The van der Waals surface area contributed by atoms with E-state index in [0.29, 0.717) is 0 Å². The topological polar surface area (TPSA) is 0 Å². The van der Waals surface area contributed by atoms with Crippen molar-refractivity contribution in [2.24, 2.45) is 0 Å². The van der Waals surface area contributed by atoms with Gasteiger partial charge in [-0.15, -0.1) is 0 Å². The Morgan fingerprint density at radius 1 is 1.21 bits per heavy atom.